The summed E-state index contributed by atoms with van der Waals surface area (Å²) in [6.07, 6.45) is 7.70. The fraction of sp³-hybridized carbons (Fsp3) is 0.458. The zero-order valence-corrected chi connectivity index (χ0v) is 19.2. The Balaban J connectivity index is 0.00000107. The van der Waals surface area contributed by atoms with Crippen molar-refractivity contribution in [1.29, 1.82) is 0 Å². The number of benzene rings is 2. The smallest absolute Gasteiger partial charge is 0.306 e. The van der Waals surface area contributed by atoms with Crippen LogP contribution in [-0.2, 0) is 19.6 Å². The van der Waals surface area contributed by atoms with Crippen molar-refractivity contribution < 1.29 is 18.0 Å². The highest BCUT2D eigenvalue weighted by atomic mass is 32.2. The number of nitrogens with one attached hydrogen (secondary N) is 1. The largest absolute Gasteiger partial charge is 0.373 e. The number of hydrogen-bond donors (Lipinski definition) is 1. The lowest BCUT2D eigenvalue weighted by molar-refractivity contribution is -0.191. The zero-order valence-electron chi connectivity index (χ0n) is 18.3. The van der Waals surface area contributed by atoms with Gasteiger partial charge < -0.3 is 5.32 Å². The number of fused-ring (bicyclic) bond motifs is 2. The lowest BCUT2D eigenvalue weighted by atomic mass is 9.96. The average molecular weight is 445 g/mol. The van der Waals surface area contributed by atoms with Crippen LogP contribution in [0.25, 0.3) is 0 Å². The van der Waals surface area contributed by atoms with Crippen molar-refractivity contribution in [1.82, 2.24) is 5.32 Å². The molecule has 2 aromatic carbocycles. The van der Waals surface area contributed by atoms with Crippen molar-refractivity contribution in [3.63, 3.8) is 0 Å². The number of anilines is 1. The number of carbonyl (C=O) groups excluding carboxylic acids is 2. The summed E-state index contributed by atoms with van der Waals surface area (Å²) in [5, 5.41) is 3.66. The number of rotatable bonds is 9. The van der Waals surface area contributed by atoms with Crippen LogP contribution in [0.5, 0.6) is 0 Å². The van der Waals surface area contributed by atoms with Crippen molar-refractivity contribution in [2.75, 3.05) is 17.4 Å². The number of unbranched alkanes of at least 4 members (excludes halogenated alkanes) is 5. The molecule has 0 fully saturated rings. The first-order valence-electron chi connectivity index (χ1n) is 11.0. The van der Waals surface area contributed by atoms with E-state index < -0.39 is 10.0 Å². The lowest BCUT2D eigenvalue weighted by Crippen LogP contribution is -2.30. The van der Waals surface area contributed by atoms with E-state index in [2.05, 4.69) is 18.3 Å². The first-order valence-corrected chi connectivity index (χ1v) is 12.4. The molecule has 0 aliphatic carbocycles. The molecule has 1 aliphatic heterocycles. The molecule has 7 heteroatoms. The lowest BCUT2D eigenvalue weighted by Gasteiger charge is -2.24. The molecule has 0 bridgehead atoms. The fourth-order valence-corrected chi connectivity index (χ4v) is 5.78. The van der Waals surface area contributed by atoms with Crippen LogP contribution >= 0.6 is 0 Å². The normalized spacial score (nSPS) is 16.2. The van der Waals surface area contributed by atoms with Crippen LogP contribution in [-0.4, -0.2) is 27.7 Å². The van der Waals surface area contributed by atoms with Crippen LogP contribution in [0.1, 0.15) is 69.5 Å². The van der Waals surface area contributed by atoms with Gasteiger partial charge in [-0.3, -0.25) is 4.31 Å². The third kappa shape index (κ3) is 6.03. The second-order valence-corrected chi connectivity index (χ2v) is 9.34. The molecule has 31 heavy (non-hydrogen) atoms. The van der Waals surface area contributed by atoms with E-state index in [-0.39, 0.29) is 12.2 Å². The molecule has 1 atom stereocenters. The average Bonchev–Trinajstić information content (AvgIpc) is 2.84. The van der Waals surface area contributed by atoms with Gasteiger partial charge in [-0.25, -0.2) is 8.42 Å². The molecule has 1 heterocycles. The highest BCUT2D eigenvalue weighted by molar-refractivity contribution is 7.93. The van der Waals surface area contributed by atoms with E-state index in [9.17, 15) is 8.42 Å². The molecule has 0 radical (unpaired) electrons. The predicted molar refractivity (Wildman–Crippen MR) is 121 cm³/mol. The molecule has 2 aromatic rings. The van der Waals surface area contributed by atoms with E-state index in [0.717, 1.165) is 29.8 Å². The topological polar surface area (TPSA) is 83.6 Å². The second kappa shape index (κ2) is 12.4. The van der Waals surface area contributed by atoms with Crippen molar-refractivity contribution in [3.8, 4) is 0 Å². The molecule has 1 unspecified atom stereocenters. The Bertz CT molecular complexity index is 969. The molecule has 0 saturated carbocycles. The van der Waals surface area contributed by atoms with Gasteiger partial charge >= 0.3 is 6.15 Å². The van der Waals surface area contributed by atoms with E-state index in [4.69, 9.17) is 9.59 Å². The number of para-hydroxylation sites is 1. The van der Waals surface area contributed by atoms with Crippen LogP contribution in [0.15, 0.2) is 53.4 Å². The predicted octanol–water partition coefficient (Wildman–Crippen LogP) is 4.67. The minimum absolute atomic E-state index is 0.116. The number of sulfonamides is 1. The van der Waals surface area contributed by atoms with Crippen LogP contribution in [0.4, 0.5) is 5.69 Å². The summed E-state index contributed by atoms with van der Waals surface area (Å²) in [7, 11) is -3.57. The summed E-state index contributed by atoms with van der Waals surface area (Å²) in [4.78, 5) is 16.7. The summed E-state index contributed by atoms with van der Waals surface area (Å²) in [5.74, 6) is 0. The fourth-order valence-electron chi connectivity index (χ4n) is 4.04. The van der Waals surface area contributed by atoms with Gasteiger partial charge in [-0.05, 0) is 43.1 Å². The summed E-state index contributed by atoms with van der Waals surface area (Å²) < 4.78 is 28.2. The Kier molecular flexibility index (Phi) is 9.92. The monoisotopic (exact) mass is 444 g/mol. The van der Waals surface area contributed by atoms with E-state index in [1.807, 2.05) is 43.3 Å². The summed E-state index contributed by atoms with van der Waals surface area (Å²) in [6, 6.07) is 15.2. The highest BCUT2D eigenvalue weighted by Gasteiger charge is 2.35. The number of nitrogens with zero attached hydrogens (tertiary/aromatic N) is 1. The third-order valence-electron chi connectivity index (χ3n) is 5.48. The molecule has 3 rings (SSSR count). The van der Waals surface area contributed by atoms with Gasteiger partial charge in [0.05, 0.1) is 16.6 Å². The minimum Gasteiger partial charge on any atom is -0.306 e. The maximum absolute atomic E-state index is 13.3. The van der Waals surface area contributed by atoms with Crippen molar-refractivity contribution in [2.24, 2.45) is 0 Å². The Labute approximate surface area is 185 Å². The van der Waals surface area contributed by atoms with Crippen LogP contribution in [0.3, 0.4) is 0 Å². The van der Waals surface area contributed by atoms with Crippen LogP contribution < -0.4 is 9.62 Å². The summed E-state index contributed by atoms with van der Waals surface area (Å²) in [6.45, 7) is 5.42. The van der Waals surface area contributed by atoms with Crippen LogP contribution in [0, 0.1) is 0 Å². The Morgan fingerprint density at radius 3 is 2.13 bits per heavy atom. The standard InChI is InChI=1S/C23H32N2O2S.CO2/c1-3-5-6-7-8-13-18-24-23-19-14-9-11-16-21(19)25(4-2)28(26,27)22-17-12-10-15-20(22)23;2-1-3/h9-12,14-17,23-24H,3-8,13,18H2,1-2H3;. The van der Waals surface area contributed by atoms with Gasteiger partial charge in [0.25, 0.3) is 10.0 Å². The van der Waals surface area contributed by atoms with E-state index in [1.165, 1.54) is 36.4 Å². The van der Waals surface area contributed by atoms with Gasteiger partial charge in [0.1, 0.15) is 0 Å². The Morgan fingerprint density at radius 2 is 1.45 bits per heavy atom. The van der Waals surface area contributed by atoms with Gasteiger partial charge in [0.15, 0.2) is 0 Å². The highest BCUT2D eigenvalue weighted by Crippen LogP contribution is 2.40. The Morgan fingerprint density at radius 1 is 0.871 bits per heavy atom. The first-order chi connectivity index (χ1) is 15.0. The summed E-state index contributed by atoms with van der Waals surface area (Å²) in [5.41, 5.74) is 2.65. The van der Waals surface area contributed by atoms with Gasteiger partial charge in [-0.2, -0.15) is 9.59 Å². The SMILES string of the molecule is CCCCCCCCNC1c2ccccc2N(CC)S(=O)(=O)c2ccccc21.O=C=O. The molecule has 0 spiro atoms. The Hall–Kier alpha value is -2.47. The van der Waals surface area contributed by atoms with Crippen molar-refractivity contribution in [2.45, 2.75) is 63.3 Å². The molecule has 168 valence electrons. The quantitative estimate of drug-likeness (QED) is 0.568. The summed E-state index contributed by atoms with van der Waals surface area (Å²) >= 11 is 0. The maximum Gasteiger partial charge on any atom is 0.373 e. The third-order valence-corrected chi connectivity index (χ3v) is 7.44. The molecular weight excluding hydrogens is 412 g/mol. The van der Waals surface area contributed by atoms with E-state index >= 15 is 0 Å². The number of hydrogen-bond acceptors (Lipinski definition) is 5. The molecule has 0 aromatic heterocycles. The molecule has 6 nitrogen and oxygen atoms in total. The molecular formula is C24H32N2O4S. The molecule has 1 N–H and O–H groups in total. The molecule has 0 amide bonds. The molecule has 1 aliphatic rings. The van der Waals surface area contributed by atoms with E-state index in [0.29, 0.717) is 11.4 Å². The van der Waals surface area contributed by atoms with Gasteiger partial charge in [0, 0.05) is 6.54 Å². The van der Waals surface area contributed by atoms with Crippen molar-refractivity contribution in [3.05, 3.63) is 59.7 Å². The van der Waals surface area contributed by atoms with Gasteiger partial charge in [-0.15, -0.1) is 0 Å². The van der Waals surface area contributed by atoms with Crippen LogP contribution in [0.2, 0.25) is 0 Å². The van der Waals surface area contributed by atoms with Gasteiger partial charge in [-0.1, -0.05) is 75.4 Å². The van der Waals surface area contributed by atoms with Gasteiger partial charge in [0.2, 0.25) is 0 Å². The second-order valence-electron chi connectivity index (χ2n) is 7.50. The van der Waals surface area contributed by atoms with Crippen molar-refractivity contribution >= 4 is 21.9 Å². The molecule has 0 saturated heterocycles. The first kappa shape index (κ1) is 24.8. The maximum atomic E-state index is 13.3. The minimum atomic E-state index is -3.57. The zero-order chi connectivity index (χ0) is 22.7. The van der Waals surface area contributed by atoms with E-state index in [1.54, 1.807) is 6.07 Å².